The molecule has 2 aliphatic heterocycles. The second kappa shape index (κ2) is 11.1. The first-order chi connectivity index (χ1) is 20.2. The molecule has 0 spiro atoms. The van der Waals surface area contributed by atoms with Crippen molar-refractivity contribution >= 4 is 65.8 Å². The highest BCUT2D eigenvalue weighted by Gasteiger charge is 2.53. The van der Waals surface area contributed by atoms with Gasteiger partial charge in [-0.3, -0.25) is 23.8 Å². The number of alkyl halides is 3. The molecule has 2 bridgehead atoms. The summed E-state index contributed by atoms with van der Waals surface area (Å²) in [7, 11) is 0. The zero-order chi connectivity index (χ0) is 30.7. The molecule has 1 saturated heterocycles. The number of aromatic amines is 2. The van der Waals surface area contributed by atoms with Crippen LogP contribution in [0.3, 0.4) is 0 Å². The fourth-order valence-corrected chi connectivity index (χ4v) is 7.00. The van der Waals surface area contributed by atoms with Crippen LogP contribution in [0, 0.1) is 0 Å². The maximum absolute atomic E-state index is 15.9. The summed E-state index contributed by atoms with van der Waals surface area (Å²) in [6.07, 6.45) is -3.40. The molecule has 17 nitrogen and oxygen atoms in total. The van der Waals surface area contributed by atoms with Gasteiger partial charge < -0.3 is 29.0 Å². The van der Waals surface area contributed by atoms with E-state index in [-0.39, 0.29) is 34.1 Å². The van der Waals surface area contributed by atoms with Gasteiger partial charge >= 0.3 is 19.2 Å². The first-order valence-corrected chi connectivity index (χ1v) is 17.4. The minimum Gasteiger partial charge on any atom is -0.355 e. The Labute approximate surface area is 247 Å². The zero-order valence-electron chi connectivity index (χ0n) is 21.3. The van der Waals surface area contributed by atoms with Gasteiger partial charge in [0.2, 0.25) is 11.7 Å². The fraction of sp³-hybridized carbons (Fsp3) is 0.474. The lowest BCUT2D eigenvalue weighted by Gasteiger charge is -2.24. The number of anilines is 1. The average Bonchev–Trinajstić information content (AvgIpc) is 3.59. The van der Waals surface area contributed by atoms with E-state index in [1.807, 2.05) is 0 Å². The van der Waals surface area contributed by atoms with E-state index in [2.05, 4.69) is 42.2 Å². The van der Waals surface area contributed by atoms with E-state index in [0.717, 1.165) is 15.5 Å². The number of thiol groups is 1. The van der Waals surface area contributed by atoms with Crippen molar-refractivity contribution in [2.45, 2.75) is 43.7 Å². The number of rotatable bonds is 1. The Balaban J connectivity index is 1.39. The number of imidazole rings is 2. The number of nitrogens with zero attached hydrogens (tertiary/aromatic N) is 6. The Morgan fingerprint density at radius 2 is 2.09 bits per heavy atom. The number of hydrogen-bond donors (Lipinski definition) is 5. The summed E-state index contributed by atoms with van der Waals surface area (Å²) in [4.78, 5) is 43.7. The van der Waals surface area contributed by atoms with E-state index in [4.69, 9.17) is 40.4 Å². The third kappa shape index (κ3) is 6.21. The molecule has 2 unspecified atom stereocenters. The lowest BCUT2D eigenvalue weighted by Crippen LogP contribution is -2.46. The molecular weight excluding hydrogens is 665 g/mol. The van der Waals surface area contributed by atoms with Gasteiger partial charge in [0.15, 0.2) is 24.3 Å². The first-order valence-electron chi connectivity index (χ1n) is 12.1. The standard InChI is InChI=1S/C19H20F3N9O8P2S2/c20-11-9-2-35-40(33,42)37-5-19(21,22)4-30-10(27-8-1-24-6-25-14(8)30)3-36-41(34,43)39-13(11)17(38-9)31-7-26-12-15(31)28-18(23)29-16(12)32/h1,6-7,9,11,13,17H,2-5H2,(H5,23,28,29,32,33,34,42,43)/p+1/t9-,11-,13-,17-,40?,41?/m1/s1. The monoisotopic (exact) mass is 686 g/mol. The van der Waals surface area contributed by atoms with Crippen LogP contribution in [0.5, 0.6) is 0 Å². The number of hydrogen-bond acceptors (Lipinski definition) is 13. The van der Waals surface area contributed by atoms with Crippen molar-refractivity contribution in [3.8, 4) is 0 Å². The predicted octanol–water partition coefficient (Wildman–Crippen LogP) is 1.03. The van der Waals surface area contributed by atoms with Crippen molar-refractivity contribution in [3.63, 3.8) is 0 Å². The minimum absolute atomic E-state index is 0.0163. The molecule has 0 aliphatic carbocycles. The van der Waals surface area contributed by atoms with Gasteiger partial charge in [-0.05, 0) is 11.8 Å². The Morgan fingerprint density at radius 1 is 1.30 bits per heavy atom. The van der Waals surface area contributed by atoms with Gasteiger partial charge in [0.25, 0.3) is 17.4 Å². The normalized spacial score (nSPS) is 32.2. The van der Waals surface area contributed by atoms with Crippen LogP contribution in [0.25, 0.3) is 22.3 Å². The van der Waals surface area contributed by atoms with E-state index in [9.17, 15) is 14.3 Å². The lowest BCUT2D eigenvalue weighted by molar-refractivity contribution is -0.744. The van der Waals surface area contributed by atoms with Gasteiger partial charge in [-0.25, -0.2) is 37.3 Å². The number of nitrogens with two attached hydrogens (primary N) is 1. The molecule has 232 valence electrons. The van der Waals surface area contributed by atoms with E-state index in [0.29, 0.717) is 0 Å². The molecule has 0 aromatic carbocycles. The van der Waals surface area contributed by atoms with Gasteiger partial charge in [-0.15, -0.1) is 0 Å². The van der Waals surface area contributed by atoms with E-state index < -0.39 is 76.0 Å². The molecule has 24 heteroatoms. The van der Waals surface area contributed by atoms with E-state index >= 15 is 13.2 Å². The van der Waals surface area contributed by atoms with Crippen molar-refractivity contribution in [1.82, 2.24) is 34.5 Å². The van der Waals surface area contributed by atoms with Crippen molar-refractivity contribution in [2.75, 3.05) is 18.9 Å². The van der Waals surface area contributed by atoms with Crippen LogP contribution in [0.2, 0.25) is 0 Å². The van der Waals surface area contributed by atoms with Crippen molar-refractivity contribution < 1.29 is 50.0 Å². The topological polar surface area (TPSA) is 218 Å². The number of fused-ring (bicyclic) bond motifs is 6. The molecule has 6 heterocycles. The molecule has 2 aliphatic rings. The molecule has 5 N–H and O–H groups in total. The van der Waals surface area contributed by atoms with Crippen LogP contribution in [-0.4, -0.2) is 76.9 Å². The highest BCUT2D eigenvalue weighted by Crippen LogP contribution is 2.57. The van der Waals surface area contributed by atoms with E-state index in [1.165, 1.54) is 12.5 Å². The number of nitrogen functional groups attached to an aromatic ring is 1. The second-order valence-electron chi connectivity index (χ2n) is 9.39. The molecule has 4 aromatic rings. The van der Waals surface area contributed by atoms with Crippen LogP contribution in [0.15, 0.2) is 23.6 Å². The summed E-state index contributed by atoms with van der Waals surface area (Å²) in [5, 5.41) is 0. The Morgan fingerprint density at radius 3 is 2.88 bits per heavy atom. The largest absolute Gasteiger partial charge is 0.387 e. The summed E-state index contributed by atoms with van der Waals surface area (Å²) in [6, 6.07) is 0. The van der Waals surface area contributed by atoms with Crippen LogP contribution >= 0.6 is 25.8 Å². The SMILES string of the molecule is Nc1nc2c([nH]c[n+]2[C@@H]2O[C@@H]3COP(O)(=S)OCC(F)(F)Cn4c(nc5cncnc54)COP(=O)(S)O[C@@H]2[C@@H]3F)c(=O)[nH]1. The third-order valence-corrected chi connectivity index (χ3v) is 9.54. The summed E-state index contributed by atoms with van der Waals surface area (Å²) >= 11 is 8.82. The molecule has 0 amide bonds. The number of halogens is 3. The molecule has 4 aromatic heterocycles. The van der Waals surface area contributed by atoms with Gasteiger partial charge in [-0.1, -0.05) is 17.2 Å². The highest BCUT2D eigenvalue weighted by atomic mass is 32.7. The molecule has 1 fully saturated rings. The first kappa shape index (κ1) is 30.5. The van der Waals surface area contributed by atoms with Crippen LogP contribution in [-0.2, 0) is 52.4 Å². The van der Waals surface area contributed by atoms with Crippen LogP contribution in [0.4, 0.5) is 19.1 Å². The molecular formula is C19H21F3N9O8P2S2+. The Bertz CT molecular complexity index is 1860. The quantitative estimate of drug-likeness (QED) is 0.107. The maximum Gasteiger partial charge on any atom is 0.387 e. The molecule has 6 atom stereocenters. The Kier molecular flexibility index (Phi) is 7.89. The average molecular weight is 687 g/mol. The van der Waals surface area contributed by atoms with Crippen molar-refractivity contribution in [3.05, 3.63) is 35.0 Å². The van der Waals surface area contributed by atoms with Crippen molar-refractivity contribution in [2.24, 2.45) is 0 Å². The number of aromatic nitrogens is 8. The maximum atomic E-state index is 15.9. The molecule has 43 heavy (non-hydrogen) atoms. The summed E-state index contributed by atoms with van der Waals surface area (Å²) in [5.74, 6) is -4.11. The van der Waals surface area contributed by atoms with Gasteiger partial charge in [0.05, 0.1) is 19.3 Å². The highest BCUT2D eigenvalue weighted by molar-refractivity contribution is 8.44. The van der Waals surface area contributed by atoms with Crippen LogP contribution < -0.4 is 15.9 Å². The Hall–Kier alpha value is -2.52. The predicted molar refractivity (Wildman–Crippen MR) is 145 cm³/mol. The summed E-state index contributed by atoms with van der Waals surface area (Å²) in [6.45, 7) is -12.8. The van der Waals surface area contributed by atoms with E-state index in [1.54, 1.807) is 0 Å². The lowest BCUT2D eigenvalue weighted by atomic mass is 10.1. The fourth-order valence-electron chi connectivity index (χ4n) is 4.53. The summed E-state index contributed by atoms with van der Waals surface area (Å²) < 4.78 is 88.1. The number of H-pyrrole nitrogens is 2. The summed E-state index contributed by atoms with van der Waals surface area (Å²) in [5.41, 5.74) is 4.97. The van der Waals surface area contributed by atoms with Gasteiger partial charge in [-0.2, -0.15) is 0 Å². The smallest absolute Gasteiger partial charge is 0.355 e. The number of ether oxygens (including phenoxy) is 1. The minimum atomic E-state index is -4.51. The molecule has 0 saturated carbocycles. The number of nitrogens with one attached hydrogen (secondary N) is 2. The van der Waals surface area contributed by atoms with Crippen LogP contribution in [0.1, 0.15) is 12.1 Å². The molecule has 0 radical (unpaired) electrons. The van der Waals surface area contributed by atoms with Gasteiger partial charge in [0, 0.05) is 0 Å². The zero-order valence-corrected chi connectivity index (χ0v) is 24.8. The van der Waals surface area contributed by atoms with Gasteiger partial charge in [0.1, 0.15) is 37.0 Å². The molecule has 6 rings (SSSR count). The second-order valence-corrected chi connectivity index (χ2v) is 15.1. The third-order valence-electron chi connectivity index (χ3n) is 6.38. The van der Waals surface area contributed by atoms with Crippen molar-refractivity contribution in [1.29, 1.82) is 0 Å².